The first-order valence-corrected chi connectivity index (χ1v) is 7.86. The van der Waals surface area contributed by atoms with Gasteiger partial charge in [0.05, 0.1) is 6.04 Å². The first-order valence-electron chi connectivity index (χ1n) is 7.86. The number of aromatic nitrogens is 2. The van der Waals surface area contributed by atoms with E-state index in [1.54, 1.807) is 26.0 Å². The van der Waals surface area contributed by atoms with Crippen LogP contribution in [-0.2, 0) is 6.42 Å². The highest BCUT2D eigenvalue weighted by atomic mass is 19.1. The van der Waals surface area contributed by atoms with Crippen LogP contribution in [0.15, 0.2) is 40.1 Å². The number of halogens is 1. The quantitative estimate of drug-likeness (QED) is 0.945. The Bertz CT molecular complexity index is 838. The molecular weight excluding hydrogens is 297 g/mol. The topological polar surface area (TPSA) is 56.0 Å². The zero-order chi connectivity index (χ0) is 16.6. The Morgan fingerprint density at radius 2 is 2.04 bits per heavy atom. The van der Waals surface area contributed by atoms with Crippen LogP contribution in [-0.4, -0.2) is 9.24 Å². The molecule has 1 aromatic heterocycles. The molecule has 1 N–H and O–H groups in total. The van der Waals surface area contributed by atoms with Crippen LogP contribution in [0, 0.1) is 5.82 Å². The molecule has 5 nitrogen and oxygen atoms in total. The molecule has 0 bridgehead atoms. The third kappa shape index (κ3) is 2.93. The number of aryl methyl sites for hydroxylation is 1. The van der Waals surface area contributed by atoms with Gasteiger partial charge in [0.2, 0.25) is 0 Å². The lowest BCUT2D eigenvalue weighted by Gasteiger charge is -2.28. The minimum atomic E-state index is -0.387. The van der Waals surface area contributed by atoms with E-state index in [-0.39, 0.29) is 29.1 Å². The number of fused-ring (bicyclic) bond motifs is 1. The summed E-state index contributed by atoms with van der Waals surface area (Å²) >= 11 is 0. The van der Waals surface area contributed by atoms with E-state index in [4.69, 9.17) is 0 Å². The Kier molecular flexibility index (Phi) is 4.07. The van der Waals surface area contributed by atoms with Gasteiger partial charge in [0.15, 0.2) is 0 Å². The van der Waals surface area contributed by atoms with E-state index in [9.17, 15) is 14.0 Å². The summed E-state index contributed by atoms with van der Waals surface area (Å²) in [4.78, 5) is 24.3. The maximum atomic E-state index is 13.4. The number of hydrogen-bond donors (Lipinski definition) is 1. The van der Waals surface area contributed by atoms with Gasteiger partial charge in [0.1, 0.15) is 5.82 Å². The molecule has 3 rings (SSSR count). The average molecular weight is 317 g/mol. The van der Waals surface area contributed by atoms with Crippen molar-refractivity contribution in [2.75, 3.05) is 5.43 Å². The molecule has 1 unspecified atom stereocenters. The third-order valence-electron chi connectivity index (χ3n) is 4.25. The summed E-state index contributed by atoms with van der Waals surface area (Å²) in [5.74, 6) is -0.241. The molecule has 1 heterocycles. The SMILES string of the molecule is CC(C)n1c(=O)ccn(NC2CCCc3cc(F)ccc32)c1=O. The van der Waals surface area contributed by atoms with Gasteiger partial charge in [-0.15, -0.1) is 0 Å². The number of rotatable bonds is 3. The molecule has 0 fully saturated rings. The van der Waals surface area contributed by atoms with Gasteiger partial charge in [0, 0.05) is 18.3 Å². The van der Waals surface area contributed by atoms with Gasteiger partial charge in [-0.25, -0.2) is 13.9 Å². The Labute approximate surface area is 133 Å². The van der Waals surface area contributed by atoms with Crippen molar-refractivity contribution in [2.24, 2.45) is 0 Å². The van der Waals surface area contributed by atoms with Gasteiger partial charge in [-0.05, 0) is 56.4 Å². The molecule has 1 aliphatic carbocycles. The third-order valence-corrected chi connectivity index (χ3v) is 4.25. The monoisotopic (exact) mass is 317 g/mol. The molecule has 0 radical (unpaired) electrons. The Morgan fingerprint density at radius 3 is 2.78 bits per heavy atom. The highest BCUT2D eigenvalue weighted by Gasteiger charge is 2.21. The number of hydrogen-bond acceptors (Lipinski definition) is 3. The zero-order valence-corrected chi connectivity index (χ0v) is 13.3. The lowest BCUT2D eigenvalue weighted by atomic mass is 9.88. The van der Waals surface area contributed by atoms with Crippen LogP contribution in [0.2, 0.25) is 0 Å². The van der Waals surface area contributed by atoms with Crippen molar-refractivity contribution < 1.29 is 4.39 Å². The Morgan fingerprint density at radius 1 is 1.26 bits per heavy atom. The zero-order valence-electron chi connectivity index (χ0n) is 13.3. The second kappa shape index (κ2) is 6.02. The van der Waals surface area contributed by atoms with E-state index >= 15 is 0 Å². The van der Waals surface area contributed by atoms with Gasteiger partial charge in [-0.3, -0.25) is 9.36 Å². The predicted octanol–water partition coefficient (Wildman–Crippen LogP) is 2.35. The maximum Gasteiger partial charge on any atom is 0.349 e. The minimum absolute atomic E-state index is 0.0739. The fourth-order valence-corrected chi connectivity index (χ4v) is 3.15. The van der Waals surface area contributed by atoms with E-state index < -0.39 is 0 Å². The normalized spacial score (nSPS) is 17.1. The molecule has 0 amide bonds. The van der Waals surface area contributed by atoms with E-state index in [1.807, 2.05) is 0 Å². The molecule has 23 heavy (non-hydrogen) atoms. The number of nitrogens with zero attached hydrogens (tertiary/aromatic N) is 2. The Balaban J connectivity index is 1.97. The summed E-state index contributed by atoms with van der Waals surface area (Å²) in [6, 6.07) is 5.86. The highest BCUT2D eigenvalue weighted by molar-refractivity contribution is 5.34. The summed E-state index contributed by atoms with van der Waals surface area (Å²) < 4.78 is 15.9. The van der Waals surface area contributed by atoms with Crippen LogP contribution in [0.4, 0.5) is 4.39 Å². The second-order valence-corrected chi connectivity index (χ2v) is 6.19. The molecule has 2 aromatic rings. The highest BCUT2D eigenvalue weighted by Crippen LogP contribution is 2.30. The standard InChI is InChI=1S/C17H20FN3O2/c1-11(2)21-16(22)8-9-20(17(21)23)19-15-5-3-4-12-10-13(18)6-7-14(12)15/h6-11,15,19H,3-5H2,1-2H3. The van der Waals surface area contributed by atoms with Crippen LogP contribution >= 0.6 is 0 Å². The van der Waals surface area contributed by atoms with Crippen LogP contribution in [0.1, 0.15) is 49.9 Å². The summed E-state index contributed by atoms with van der Waals surface area (Å²) in [5.41, 5.74) is 4.45. The van der Waals surface area contributed by atoms with Gasteiger partial charge in [0.25, 0.3) is 5.56 Å². The molecule has 1 aromatic carbocycles. The second-order valence-electron chi connectivity index (χ2n) is 6.19. The molecule has 122 valence electrons. The maximum absolute atomic E-state index is 13.4. The molecule has 0 saturated carbocycles. The molecular formula is C17H20FN3O2. The van der Waals surface area contributed by atoms with E-state index in [2.05, 4.69) is 5.43 Å². The molecule has 1 atom stereocenters. The smallest absolute Gasteiger partial charge is 0.314 e. The van der Waals surface area contributed by atoms with Gasteiger partial charge in [-0.2, -0.15) is 0 Å². The van der Waals surface area contributed by atoms with Crippen molar-refractivity contribution >= 4 is 0 Å². The van der Waals surface area contributed by atoms with E-state index in [1.165, 1.54) is 27.6 Å². The van der Waals surface area contributed by atoms with Crippen LogP contribution in [0.25, 0.3) is 0 Å². The van der Waals surface area contributed by atoms with Crippen LogP contribution in [0.3, 0.4) is 0 Å². The van der Waals surface area contributed by atoms with Crippen LogP contribution in [0.5, 0.6) is 0 Å². The van der Waals surface area contributed by atoms with Crippen molar-refractivity contribution in [3.05, 3.63) is 68.2 Å². The summed E-state index contributed by atoms with van der Waals surface area (Å²) in [7, 11) is 0. The van der Waals surface area contributed by atoms with Crippen LogP contribution < -0.4 is 16.7 Å². The molecule has 1 aliphatic rings. The van der Waals surface area contributed by atoms with Crippen molar-refractivity contribution in [2.45, 2.75) is 45.2 Å². The predicted molar refractivity (Wildman–Crippen MR) is 86.8 cm³/mol. The minimum Gasteiger partial charge on any atom is -0.314 e. The molecule has 0 saturated heterocycles. The Hall–Kier alpha value is -2.37. The number of benzene rings is 1. The van der Waals surface area contributed by atoms with Crippen molar-refractivity contribution in [3.63, 3.8) is 0 Å². The van der Waals surface area contributed by atoms with Gasteiger partial charge in [-0.1, -0.05) is 6.07 Å². The fourth-order valence-electron chi connectivity index (χ4n) is 3.15. The summed E-state index contributed by atoms with van der Waals surface area (Å²) in [6.45, 7) is 3.59. The lowest BCUT2D eigenvalue weighted by Crippen LogP contribution is -2.44. The van der Waals surface area contributed by atoms with Crippen molar-refractivity contribution in [3.8, 4) is 0 Å². The molecule has 6 heteroatoms. The summed E-state index contributed by atoms with van der Waals surface area (Å²) in [5, 5.41) is 0. The molecule has 0 spiro atoms. The summed E-state index contributed by atoms with van der Waals surface area (Å²) in [6.07, 6.45) is 4.07. The number of nitrogens with one attached hydrogen (secondary N) is 1. The van der Waals surface area contributed by atoms with Gasteiger partial charge < -0.3 is 5.43 Å². The van der Waals surface area contributed by atoms with Gasteiger partial charge >= 0.3 is 5.69 Å². The lowest BCUT2D eigenvalue weighted by molar-refractivity contribution is 0.492. The van der Waals surface area contributed by atoms with Crippen molar-refractivity contribution in [1.29, 1.82) is 0 Å². The first-order chi connectivity index (χ1) is 11.0. The van der Waals surface area contributed by atoms with E-state index in [0.717, 1.165) is 30.4 Å². The van der Waals surface area contributed by atoms with E-state index in [0.29, 0.717) is 0 Å². The fraction of sp³-hybridized carbons (Fsp3) is 0.412. The average Bonchev–Trinajstić information content (AvgIpc) is 2.49. The first kappa shape index (κ1) is 15.5. The largest absolute Gasteiger partial charge is 0.349 e. The van der Waals surface area contributed by atoms with Crippen molar-refractivity contribution in [1.82, 2.24) is 9.24 Å². The molecule has 0 aliphatic heterocycles.